The fourth-order valence-electron chi connectivity index (χ4n) is 4.98. The highest BCUT2D eigenvalue weighted by Crippen LogP contribution is 2.34. The minimum Gasteiger partial charge on any atom is -0.493 e. The number of carbonyl (C=O) groups is 1. The molecule has 4 rings (SSSR count). The zero-order chi connectivity index (χ0) is 34.6. The highest BCUT2D eigenvalue weighted by atomic mass is 19.2. The number of halogens is 6. The number of rotatable bonds is 18. The van der Waals surface area contributed by atoms with Crippen molar-refractivity contribution in [3.63, 3.8) is 0 Å². The van der Waals surface area contributed by atoms with Crippen molar-refractivity contribution in [2.75, 3.05) is 26.4 Å². The Kier molecular flexibility index (Phi) is 13.2. The third-order valence-corrected chi connectivity index (χ3v) is 7.39. The number of benzene rings is 4. The van der Waals surface area contributed by atoms with E-state index in [1.807, 2.05) is 0 Å². The number of Topliss-reactive ketones (excluding diaryl/α,β-unsaturated/α-hetero) is 1. The van der Waals surface area contributed by atoms with Crippen molar-refractivity contribution in [2.45, 2.75) is 52.4 Å². The van der Waals surface area contributed by atoms with Crippen molar-refractivity contribution in [3.05, 3.63) is 95.6 Å². The normalized spacial score (nSPS) is 11.0. The Labute approximate surface area is 275 Å². The van der Waals surface area contributed by atoms with Crippen LogP contribution in [0, 0.1) is 34.9 Å². The summed E-state index contributed by atoms with van der Waals surface area (Å²) < 4.78 is 108. The molecular weight excluding hydrogens is 638 g/mol. The van der Waals surface area contributed by atoms with Gasteiger partial charge in [-0.3, -0.25) is 4.79 Å². The molecular formula is C37H36F6O5. The summed E-state index contributed by atoms with van der Waals surface area (Å²) in [6.45, 7) is 4.07. The minimum atomic E-state index is -1.20. The van der Waals surface area contributed by atoms with Crippen LogP contribution < -0.4 is 18.9 Å². The average molecular weight is 675 g/mol. The molecule has 0 amide bonds. The van der Waals surface area contributed by atoms with Crippen molar-refractivity contribution in [2.24, 2.45) is 0 Å². The molecule has 0 unspecified atom stereocenters. The number of ketones is 1. The monoisotopic (exact) mass is 674 g/mol. The molecule has 48 heavy (non-hydrogen) atoms. The maximum absolute atomic E-state index is 14.7. The molecule has 0 saturated carbocycles. The second-order valence-corrected chi connectivity index (χ2v) is 10.8. The molecule has 4 aromatic rings. The van der Waals surface area contributed by atoms with E-state index in [9.17, 15) is 31.1 Å². The fourth-order valence-corrected chi connectivity index (χ4v) is 4.98. The molecule has 0 fully saturated rings. The van der Waals surface area contributed by atoms with Gasteiger partial charge in [0.25, 0.3) is 0 Å². The van der Waals surface area contributed by atoms with E-state index in [1.165, 1.54) is 48.5 Å². The number of ether oxygens (including phenoxy) is 4. The molecule has 0 N–H and O–H groups in total. The first-order valence-electron chi connectivity index (χ1n) is 15.7. The molecule has 0 spiro atoms. The lowest BCUT2D eigenvalue weighted by Gasteiger charge is -2.12. The summed E-state index contributed by atoms with van der Waals surface area (Å²) in [5, 5.41) is 0. The lowest BCUT2D eigenvalue weighted by atomic mass is 10.0. The van der Waals surface area contributed by atoms with E-state index in [4.69, 9.17) is 18.9 Å². The van der Waals surface area contributed by atoms with Gasteiger partial charge >= 0.3 is 0 Å². The maximum Gasteiger partial charge on any atom is 0.201 e. The SMILES string of the molecule is CCOc1ccc(-c2ccc(OCCCCC(=O)CCCCOc3ccc(-c4ccc(OCC)c(F)c4F)c(F)c3)cc2F)c(F)c1F. The standard InChI is InChI=1S/C37H36F6O5/c1-3-45-32-17-15-28(34(40)36(32)42)26-13-11-24(21-30(26)38)47-19-7-5-9-23(44)10-6-8-20-48-25-12-14-27(31(39)22-25)29-16-18-33(46-4-2)37(43)35(29)41/h11-18,21-22H,3-10,19-20H2,1-2H3. The first kappa shape index (κ1) is 36.2. The maximum atomic E-state index is 14.7. The minimum absolute atomic E-state index is 0.0648. The van der Waals surface area contributed by atoms with Gasteiger partial charge < -0.3 is 18.9 Å². The first-order valence-corrected chi connectivity index (χ1v) is 15.7. The topological polar surface area (TPSA) is 54.0 Å². The van der Waals surface area contributed by atoms with Gasteiger partial charge in [0.15, 0.2) is 23.1 Å². The first-order chi connectivity index (χ1) is 23.1. The van der Waals surface area contributed by atoms with E-state index in [-0.39, 0.29) is 77.5 Å². The van der Waals surface area contributed by atoms with E-state index < -0.39 is 34.9 Å². The number of hydrogen-bond acceptors (Lipinski definition) is 5. The Morgan fingerprint density at radius 3 is 1.27 bits per heavy atom. The number of carbonyl (C=O) groups excluding carboxylic acids is 1. The largest absolute Gasteiger partial charge is 0.493 e. The van der Waals surface area contributed by atoms with Crippen LogP contribution in [0.15, 0.2) is 60.7 Å². The molecule has 256 valence electrons. The van der Waals surface area contributed by atoms with Gasteiger partial charge in [-0.2, -0.15) is 8.78 Å². The second-order valence-electron chi connectivity index (χ2n) is 10.8. The van der Waals surface area contributed by atoms with Gasteiger partial charge in [-0.15, -0.1) is 0 Å². The Bertz CT molecular complexity index is 1590. The van der Waals surface area contributed by atoms with E-state index in [0.717, 1.165) is 12.1 Å². The predicted molar refractivity (Wildman–Crippen MR) is 170 cm³/mol. The Balaban J connectivity index is 1.13. The van der Waals surface area contributed by atoms with Crippen molar-refractivity contribution in [1.82, 2.24) is 0 Å². The molecule has 4 aromatic carbocycles. The molecule has 0 aromatic heterocycles. The molecule has 11 heteroatoms. The highest BCUT2D eigenvalue weighted by Gasteiger charge is 2.20. The summed E-state index contributed by atoms with van der Waals surface area (Å²) >= 11 is 0. The van der Waals surface area contributed by atoms with Gasteiger partial charge in [0.1, 0.15) is 28.9 Å². The molecule has 0 aliphatic carbocycles. The smallest absolute Gasteiger partial charge is 0.201 e. The summed E-state index contributed by atoms with van der Waals surface area (Å²) in [4.78, 5) is 12.2. The van der Waals surface area contributed by atoms with Crippen molar-refractivity contribution in [3.8, 4) is 45.3 Å². The Hall–Kier alpha value is -4.67. The van der Waals surface area contributed by atoms with Crippen LogP contribution in [-0.4, -0.2) is 32.2 Å². The van der Waals surface area contributed by atoms with Crippen LogP contribution in [0.2, 0.25) is 0 Å². The van der Waals surface area contributed by atoms with E-state index >= 15 is 0 Å². The molecule has 0 heterocycles. The van der Waals surface area contributed by atoms with Crippen LogP contribution in [-0.2, 0) is 4.79 Å². The summed E-state index contributed by atoms with van der Waals surface area (Å²) in [5.41, 5.74) is -0.689. The van der Waals surface area contributed by atoms with E-state index in [1.54, 1.807) is 13.8 Å². The number of hydrogen-bond donors (Lipinski definition) is 0. The Morgan fingerprint density at radius 2 is 0.896 bits per heavy atom. The molecule has 0 bridgehead atoms. The van der Waals surface area contributed by atoms with Crippen LogP contribution in [0.5, 0.6) is 23.0 Å². The summed E-state index contributed by atoms with van der Waals surface area (Å²) in [7, 11) is 0. The second kappa shape index (κ2) is 17.5. The summed E-state index contributed by atoms with van der Waals surface area (Å²) in [6.07, 6.45) is 2.91. The van der Waals surface area contributed by atoms with Crippen molar-refractivity contribution >= 4 is 5.78 Å². The van der Waals surface area contributed by atoms with E-state index in [0.29, 0.717) is 38.5 Å². The van der Waals surface area contributed by atoms with Gasteiger partial charge in [-0.25, -0.2) is 17.6 Å². The van der Waals surface area contributed by atoms with Crippen LogP contribution in [0.25, 0.3) is 22.3 Å². The van der Waals surface area contributed by atoms with Gasteiger partial charge in [0, 0.05) is 47.2 Å². The fraction of sp³-hybridized carbons (Fsp3) is 0.324. The highest BCUT2D eigenvalue weighted by molar-refractivity contribution is 5.78. The van der Waals surface area contributed by atoms with Crippen LogP contribution in [0.4, 0.5) is 26.3 Å². The van der Waals surface area contributed by atoms with Gasteiger partial charge in [-0.1, -0.05) is 0 Å². The molecule has 0 atom stereocenters. The predicted octanol–water partition coefficient (Wildman–Crippen LogP) is 10.0. The zero-order valence-electron chi connectivity index (χ0n) is 26.7. The van der Waals surface area contributed by atoms with Gasteiger partial charge in [-0.05, 0) is 88.1 Å². The van der Waals surface area contributed by atoms with E-state index in [2.05, 4.69) is 0 Å². The zero-order valence-corrected chi connectivity index (χ0v) is 26.7. The molecule has 5 nitrogen and oxygen atoms in total. The van der Waals surface area contributed by atoms with Gasteiger partial charge in [0.05, 0.1) is 26.4 Å². The van der Waals surface area contributed by atoms with Crippen molar-refractivity contribution in [1.29, 1.82) is 0 Å². The molecule has 0 aliphatic heterocycles. The summed E-state index contributed by atoms with van der Waals surface area (Å²) in [5.74, 6) is -6.30. The number of unbranched alkanes of at least 4 members (excludes halogenated alkanes) is 2. The quantitative estimate of drug-likeness (QED) is 0.0777. The summed E-state index contributed by atoms with van der Waals surface area (Å²) in [6, 6.07) is 12.8. The Morgan fingerprint density at radius 1 is 0.500 bits per heavy atom. The van der Waals surface area contributed by atoms with Crippen LogP contribution in [0.3, 0.4) is 0 Å². The van der Waals surface area contributed by atoms with Crippen LogP contribution in [0.1, 0.15) is 52.4 Å². The lowest BCUT2D eigenvalue weighted by Crippen LogP contribution is -2.04. The third kappa shape index (κ3) is 9.23. The molecule has 0 saturated heterocycles. The molecule has 0 aliphatic rings. The van der Waals surface area contributed by atoms with Crippen molar-refractivity contribution < 1.29 is 50.1 Å². The molecule has 0 radical (unpaired) electrons. The van der Waals surface area contributed by atoms with Gasteiger partial charge in [0.2, 0.25) is 11.6 Å². The van der Waals surface area contributed by atoms with Crippen LogP contribution >= 0.6 is 0 Å². The lowest BCUT2D eigenvalue weighted by molar-refractivity contribution is -0.119. The average Bonchev–Trinajstić information content (AvgIpc) is 3.06. The third-order valence-electron chi connectivity index (χ3n) is 7.39.